The summed E-state index contributed by atoms with van der Waals surface area (Å²) in [5.74, 6) is -1.52. The molecule has 37 heavy (non-hydrogen) atoms. The molecule has 0 radical (unpaired) electrons. The van der Waals surface area contributed by atoms with Gasteiger partial charge in [-0.05, 0) is 34.1 Å². The van der Waals surface area contributed by atoms with Gasteiger partial charge in [0.15, 0.2) is 17.4 Å². The molecule has 3 rings (SSSR count). The third kappa shape index (κ3) is 9.34. The molecule has 15 nitrogen and oxygen atoms in total. The molecule has 0 bridgehead atoms. The molecular formula is C19H29N6Na2O9P. The predicted octanol–water partition coefficient (Wildman–Crippen LogP) is -7.59. The minimum absolute atomic E-state index is 0. The maximum atomic E-state index is 12.2. The molecule has 3 heterocycles. The summed E-state index contributed by atoms with van der Waals surface area (Å²) < 4.78 is 37.0. The molecule has 2 aromatic rings. The number of nitrogens with zero attached hydrogens (tertiary/aromatic N) is 3. The quantitative estimate of drug-likeness (QED) is 0.162. The molecule has 1 aliphatic rings. The van der Waals surface area contributed by atoms with E-state index in [1.54, 1.807) is 13.8 Å². The Morgan fingerprint density at radius 2 is 1.89 bits per heavy atom. The second-order valence-electron chi connectivity index (χ2n) is 8.46. The zero-order valence-corrected chi connectivity index (χ0v) is 26.6. The Balaban J connectivity index is 0.00000342. The maximum absolute atomic E-state index is 12.2. The summed E-state index contributed by atoms with van der Waals surface area (Å²) in [6.45, 7) is 6.39. The van der Waals surface area contributed by atoms with Gasteiger partial charge in [0, 0.05) is 12.5 Å². The first-order chi connectivity index (χ1) is 16.4. The first kappa shape index (κ1) is 34.6. The Hall–Kier alpha value is -0.390. The number of nitrogens with two attached hydrogens (primary N) is 1. The van der Waals surface area contributed by atoms with Crippen LogP contribution in [0.4, 0.5) is 5.95 Å². The normalized spacial score (nSPS) is 23.1. The summed E-state index contributed by atoms with van der Waals surface area (Å²) in [6, 6.07) is 0. The van der Waals surface area contributed by atoms with Crippen LogP contribution in [0.1, 0.15) is 40.3 Å². The second kappa shape index (κ2) is 14.8. The molecule has 1 unspecified atom stereocenters. The number of hydrogen-bond donors (Lipinski definition) is 3. The van der Waals surface area contributed by atoms with Crippen LogP contribution in [0, 0.1) is 0 Å². The summed E-state index contributed by atoms with van der Waals surface area (Å²) in [5, 5.41) is 12.6. The van der Waals surface area contributed by atoms with Gasteiger partial charge in [-0.3, -0.25) is 24.0 Å². The molecule has 1 fully saturated rings. The van der Waals surface area contributed by atoms with E-state index in [-0.39, 0.29) is 95.0 Å². The smallest absolute Gasteiger partial charge is 0.766 e. The fourth-order valence-electron chi connectivity index (χ4n) is 3.65. The number of carboxylic acids is 1. The number of imidazole rings is 1. The van der Waals surface area contributed by atoms with Gasteiger partial charge >= 0.3 is 59.1 Å². The third-order valence-corrected chi connectivity index (χ3v) is 6.01. The van der Waals surface area contributed by atoms with Crippen molar-refractivity contribution >= 4 is 30.8 Å². The Bertz CT molecular complexity index is 1150. The van der Waals surface area contributed by atoms with E-state index in [0.717, 1.165) is 0 Å². The van der Waals surface area contributed by atoms with Gasteiger partial charge in [-0.2, -0.15) is 4.98 Å². The number of aromatic nitrogens is 4. The summed E-state index contributed by atoms with van der Waals surface area (Å²) >= 11 is 0. The van der Waals surface area contributed by atoms with E-state index in [0.29, 0.717) is 0 Å². The molecular weight excluding hydrogens is 533 g/mol. The number of carbonyl (C=O) groups is 1. The second-order valence-corrected chi connectivity index (χ2v) is 10.0. The Labute approximate surface area is 257 Å². The summed E-state index contributed by atoms with van der Waals surface area (Å²) in [5.41, 5.74) is 5.36. The van der Waals surface area contributed by atoms with E-state index >= 15 is 0 Å². The number of anilines is 1. The van der Waals surface area contributed by atoms with Crippen LogP contribution < -0.4 is 85.5 Å². The SMILES string of the molecule is CC(C)O[C@@H]1[C@H](OC(C)C)[C@@H](COP(=O)([O-])NCCC(=O)[O-])O[C@H]1n1cnc2c(=O)[nH]c(N)nc21.[Na+].[Na+]. The van der Waals surface area contributed by atoms with Crippen LogP contribution >= 0.6 is 7.75 Å². The van der Waals surface area contributed by atoms with E-state index in [9.17, 15) is 24.2 Å². The third-order valence-electron chi connectivity index (χ3n) is 4.91. The first-order valence-corrected chi connectivity index (χ1v) is 12.5. The fourth-order valence-corrected chi connectivity index (χ4v) is 4.47. The average molecular weight is 562 g/mol. The van der Waals surface area contributed by atoms with Crippen LogP contribution in [0.15, 0.2) is 11.1 Å². The molecule has 0 amide bonds. The van der Waals surface area contributed by atoms with Crippen molar-refractivity contribution in [1.29, 1.82) is 0 Å². The standard InChI is InChI=1S/C19H31N6O9P.2Na/c1-9(2)32-14-11(7-31-35(29,30)22-6-5-12(26)27)34-18(15(14)33-10(3)4)25-8-21-13-16(25)23-19(20)24-17(13)28;;/h8-11,14-15,18H,5-7H2,1-4H3,(H,26,27)(H2,22,29,30)(H3,20,23,24,28);;/q;2*+1/p-2/t11-,14-,15-,18-;;/m1../s1. The summed E-state index contributed by atoms with van der Waals surface area (Å²) in [7, 11) is -4.60. The number of carbonyl (C=O) groups excluding carboxylic acids is 1. The Morgan fingerprint density at radius 3 is 2.49 bits per heavy atom. The van der Waals surface area contributed by atoms with Gasteiger partial charge < -0.3 is 39.3 Å². The average Bonchev–Trinajstić information content (AvgIpc) is 3.27. The van der Waals surface area contributed by atoms with Gasteiger partial charge in [-0.1, -0.05) is 0 Å². The van der Waals surface area contributed by atoms with Gasteiger partial charge in [0.05, 0.1) is 25.1 Å². The van der Waals surface area contributed by atoms with Crippen molar-refractivity contribution in [1.82, 2.24) is 24.6 Å². The van der Waals surface area contributed by atoms with Crippen molar-refractivity contribution in [2.24, 2.45) is 0 Å². The molecule has 5 atom stereocenters. The predicted molar refractivity (Wildman–Crippen MR) is 118 cm³/mol. The summed E-state index contributed by atoms with van der Waals surface area (Å²) in [4.78, 5) is 45.6. The molecule has 1 saturated heterocycles. The van der Waals surface area contributed by atoms with Crippen molar-refractivity contribution in [3.8, 4) is 0 Å². The van der Waals surface area contributed by atoms with Gasteiger partial charge in [-0.25, -0.2) is 4.98 Å². The molecule has 0 saturated carbocycles. The zero-order chi connectivity index (χ0) is 25.9. The number of rotatable bonds is 12. The minimum Gasteiger partial charge on any atom is -0.766 e. The number of nitrogens with one attached hydrogen (secondary N) is 2. The Kier molecular flexibility index (Phi) is 13.9. The molecule has 0 aliphatic carbocycles. The van der Waals surface area contributed by atoms with Crippen LogP contribution in [0.5, 0.6) is 0 Å². The molecule has 4 N–H and O–H groups in total. The van der Waals surface area contributed by atoms with Crippen molar-refractivity contribution in [2.45, 2.75) is 70.9 Å². The van der Waals surface area contributed by atoms with E-state index in [1.165, 1.54) is 10.9 Å². The van der Waals surface area contributed by atoms with Gasteiger partial charge in [-0.15, -0.1) is 0 Å². The van der Waals surface area contributed by atoms with Crippen molar-refractivity contribution in [3.05, 3.63) is 16.7 Å². The van der Waals surface area contributed by atoms with Crippen LogP contribution in [0.3, 0.4) is 0 Å². The van der Waals surface area contributed by atoms with Gasteiger partial charge in [0.25, 0.3) is 5.56 Å². The fraction of sp³-hybridized carbons (Fsp3) is 0.684. The molecule has 1 aliphatic heterocycles. The van der Waals surface area contributed by atoms with Crippen LogP contribution in [0.2, 0.25) is 0 Å². The number of carboxylic acid groups (broad SMARTS) is 1. The number of hydrogen-bond acceptors (Lipinski definition) is 12. The number of nitrogen functional groups attached to an aromatic ring is 1. The topological polar surface area (TPSA) is 219 Å². The van der Waals surface area contributed by atoms with Gasteiger partial charge in [0.1, 0.15) is 18.3 Å². The van der Waals surface area contributed by atoms with Crippen LogP contribution in [-0.2, 0) is 28.1 Å². The van der Waals surface area contributed by atoms with Crippen molar-refractivity contribution in [3.63, 3.8) is 0 Å². The number of H-pyrrole nitrogens is 1. The van der Waals surface area contributed by atoms with E-state index in [1.807, 2.05) is 18.9 Å². The monoisotopic (exact) mass is 562 g/mol. The largest absolute Gasteiger partial charge is 1.00 e. The van der Waals surface area contributed by atoms with Crippen molar-refractivity contribution < 1.29 is 97.2 Å². The van der Waals surface area contributed by atoms with Crippen LogP contribution in [-0.4, -0.2) is 69.2 Å². The Morgan fingerprint density at radius 1 is 1.27 bits per heavy atom. The van der Waals surface area contributed by atoms with E-state index in [4.69, 9.17) is 24.5 Å². The zero-order valence-electron chi connectivity index (χ0n) is 21.7. The van der Waals surface area contributed by atoms with Crippen LogP contribution in [0.25, 0.3) is 11.2 Å². The number of ether oxygens (including phenoxy) is 3. The van der Waals surface area contributed by atoms with Crippen molar-refractivity contribution in [2.75, 3.05) is 18.9 Å². The van der Waals surface area contributed by atoms with E-state index < -0.39 is 56.8 Å². The maximum Gasteiger partial charge on any atom is 1.00 e. The van der Waals surface area contributed by atoms with Gasteiger partial charge in [0.2, 0.25) is 13.7 Å². The number of aliphatic carboxylic acids is 1. The molecule has 18 heteroatoms. The molecule has 2 aromatic heterocycles. The molecule has 0 aromatic carbocycles. The number of aromatic amines is 1. The minimum atomic E-state index is -4.60. The molecule has 0 spiro atoms. The summed E-state index contributed by atoms with van der Waals surface area (Å²) in [6.07, 6.45) is -3.08. The first-order valence-electron chi connectivity index (χ1n) is 11.0. The van der Waals surface area contributed by atoms with E-state index in [2.05, 4.69) is 15.0 Å². The molecule has 196 valence electrons. The number of fused-ring (bicyclic) bond motifs is 1.